The minimum atomic E-state index is -0.804. The molecule has 3 heterocycles. The molecule has 2 fully saturated rings. The molecule has 4 heteroatoms. The third-order valence-electron chi connectivity index (χ3n) is 8.23. The number of hydrogen-bond acceptors (Lipinski definition) is 4. The monoisotopic (exact) mass is 422 g/mol. The Bertz CT molecular complexity index is 1220. The summed E-state index contributed by atoms with van der Waals surface area (Å²) in [4.78, 5) is 15.6. The number of carbonyl (C=O) groups excluding carboxylic acids is 1. The molecule has 3 aliphatic heterocycles. The number of nitrogens with zero attached hydrogens (tertiary/aromatic N) is 1. The largest absolute Gasteiger partial charge is 0.431 e. The maximum atomic E-state index is 13.2. The summed E-state index contributed by atoms with van der Waals surface area (Å²) in [5.74, 6) is 0.526. The van der Waals surface area contributed by atoms with Gasteiger partial charge in [0.1, 0.15) is 5.66 Å². The van der Waals surface area contributed by atoms with Gasteiger partial charge in [0, 0.05) is 17.9 Å². The number of rotatable bonds is 1. The lowest BCUT2D eigenvalue weighted by Gasteiger charge is -2.61. The van der Waals surface area contributed by atoms with Gasteiger partial charge in [-0.05, 0) is 48.9 Å². The fraction of sp³-hybridized carbons (Fsp3) is 0.321. The highest BCUT2D eigenvalue weighted by molar-refractivity contribution is 5.96. The molecule has 0 bridgehead atoms. The predicted molar refractivity (Wildman–Crippen MR) is 125 cm³/mol. The summed E-state index contributed by atoms with van der Waals surface area (Å²) < 4.78 is 6.47. The van der Waals surface area contributed by atoms with Crippen molar-refractivity contribution in [2.75, 3.05) is 10.2 Å². The van der Waals surface area contributed by atoms with Crippen LogP contribution in [0.2, 0.25) is 0 Å². The van der Waals surface area contributed by atoms with E-state index in [-0.39, 0.29) is 11.6 Å². The number of carbonyl (C=O) groups is 1. The Balaban J connectivity index is 1.52. The van der Waals surface area contributed by atoms with E-state index in [4.69, 9.17) is 4.74 Å². The van der Waals surface area contributed by atoms with Gasteiger partial charge in [-0.3, -0.25) is 0 Å². The number of benzene rings is 3. The fourth-order valence-corrected chi connectivity index (χ4v) is 7.11. The molecule has 3 aromatic carbocycles. The van der Waals surface area contributed by atoms with Crippen LogP contribution in [0.3, 0.4) is 0 Å². The quantitative estimate of drug-likeness (QED) is 0.487. The van der Waals surface area contributed by atoms with Gasteiger partial charge in [-0.15, -0.1) is 0 Å². The van der Waals surface area contributed by atoms with E-state index < -0.39 is 5.72 Å². The van der Waals surface area contributed by atoms with Gasteiger partial charge in [0.15, 0.2) is 0 Å². The lowest BCUT2D eigenvalue weighted by atomic mass is 9.62. The topological polar surface area (TPSA) is 41.6 Å². The molecule has 32 heavy (non-hydrogen) atoms. The molecule has 4 nitrogen and oxygen atoms in total. The van der Waals surface area contributed by atoms with Crippen molar-refractivity contribution in [3.05, 3.63) is 95.6 Å². The molecular weight excluding hydrogens is 396 g/mol. The van der Waals surface area contributed by atoms with Crippen molar-refractivity contribution in [2.45, 2.75) is 49.4 Å². The number of fused-ring (bicyclic) bond motifs is 5. The van der Waals surface area contributed by atoms with E-state index in [1.165, 1.54) is 24.8 Å². The summed E-state index contributed by atoms with van der Waals surface area (Å²) in [5, 5.41) is 3.98. The number of nitrogens with one attached hydrogen (secondary N) is 1. The Hall–Kier alpha value is -3.27. The number of anilines is 2. The van der Waals surface area contributed by atoms with Crippen LogP contribution in [0, 0.1) is 5.92 Å². The summed E-state index contributed by atoms with van der Waals surface area (Å²) in [6.45, 7) is 0. The van der Waals surface area contributed by atoms with Crippen LogP contribution in [0.1, 0.15) is 59.5 Å². The second kappa shape index (κ2) is 6.38. The van der Waals surface area contributed by atoms with E-state index >= 15 is 0 Å². The van der Waals surface area contributed by atoms with Crippen LogP contribution in [0.25, 0.3) is 0 Å². The zero-order valence-electron chi connectivity index (χ0n) is 18.0. The highest BCUT2D eigenvalue weighted by Crippen LogP contribution is 2.65. The molecule has 4 aliphatic rings. The maximum absolute atomic E-state index is 13.2. The van der Waals surface area contributed by atoms with Gasteiger partial charge >= 0.3 is 5.97 Å². The van der Waals surface area contributed by atoms with E-state index in [0.717, 1.165) is 29.8 Å². The van der Waals surface area contributed by atoms with Crippen molar-refractivity contribution >= 4 is 17.3 Å². The van der Waals surface area contributed by atoms with Gasteiger partial charge in [0.2, 0.25) is 5.72 Å². The Labute approximate surface area is 188 Å². The van der Waals surface area contributed by atoms with Crippen LogP contribution in [0.5, 0.6) is 0 Å². The molecule has 1 N–H and O–H groups in total. The number of ether oxygens (including phenoxy) is 1. The lowest BCUT2D eigenvalue weighted by Crippen LogP contribution is -2.69. The molecule has 3 aromatic rings. The molecule has 1 aliphatic carbocycles. The van der Waals surface area contributed by atoms with E-state index in [0.29, 0.717) is 17.4 Å². The Morgan fingerprint density at radius 3 is 2.59 bits per heavy atom. The van der Waals surface area contributed by atoms with Gasteiger partial charge < -0.3 is 15.0 Å². The van der Waals surface area contributed by atoms with Crippen LogP contribution in [0.4, 0.5) is 11.4 Å². The normalized spacial score (nSPS) is 31.9. The molecule has 0 aromatic heterocycles. The Kier molecular flexibility index (Phi) is 3.65. The van der Waals surface area contributed by atoms with Gasteiger partial charge in [0.05, 0.1) is 16.9 Å². The zero-order chi connectivity index (χ0) is 21.3. The molecule has 0 unspecified atom stereocenters. The van der Waals surface area contributed by atoms with E-state index in [1.54, 1.807) is 0 Å². The van der Waals surface area contributed by atoms with Crippen LogP contribution < -0.4 is 10.2 Å². The molecule has 7 rings (SSSR count). The number of hydrogen-bond donors (Lipinski definition) is 1. The minimum absolute atomic E-state index is 0.207. The second-order valence-electron chi connectivity index (χ2n) is 9.69. The molecular formula is C28H26N2O2. The van der Waals surface area contributed by atoms with Crippen molar-refractivity contribution < 1.29 is 9.53 Å². The Morgan fingerprint density at radius 2 is 1.69 bits per heavy atom. The van der Waals surface area contributed by atoms with Gasteiger partial charge in [-0.1, -0.05) is 67.1 Å². The molecule has 1 saturated heterocycles. The third kappa shape index (κ3) is 2.20. The predicted octanol–water partition coefficient (Wildman–Crippen LogP) is 6.02. The van der Waals surface area contributed by atoms with Gasteiger partial charge in [0.25, 0.3) is 0 Å². The van der Waals surface area contributed by atoms with Gasteiger partial charge in [-0.25, -0.2) is 4.79 Å². The molecule has 4 atom stereocenters. The SMILES string of the molecule is O=C1O[C@]2(C[C@@H](c3ccccc3)[C@H]3CCCC[C@]34Nc3ccccc3N42)c2ccccc21. The molecule has 0 radical (unpaired) electrons. The van der Waals surface area contributed by atoms with Crippen LogP contribution in [-0.2, 0) is 10.5 Å². The first-order valence-electron chi connectivity index (χ1n) is 11.8. The summed E-state index contributed by atoms with van der Waals surface area (Å²) in [5.41, 5.74) is 4.28. The number of para-hydroxylation sites is 2. The number of piperidine rings is 1. The van der Waals surface area contributed by atoms with Crippen molar-refractivity contribution in [1.29, 1.82) is 0 Å². The second-order valence-corrected chi connectivity index (χ2v) is 9.69. The highest BCUT2D eigenvalue weighted by atomic mass is 16.6. The molecule has 2 spiro atoms. The Morgan fingerprint density at radius 1 is 0.906 bits per heavy atom. The van der Waals surface area contributed by atoms with Crippen molar-refractivity contribution in [2.24, 2.45) is 5.92 Å². The summed E-state index contributed by atoms with van der Waals surface area (Å²) in [6.07, 6.45) is 5.38. The number of esters is 1. The average Bonchev–Trinajstić information content (AvgIpc) is 3.32. The molecule has 0 amide bonds. The van der Waals surface area contributed by atoms with E-state index in [1.807, 2.05) is 18.2 Å². The first-order chi connectivity index (χ1) is 15.7. The lowest BCUT2D eigenvalue weighted by molar-refractivity contribution is -0.0663. The first kappa shape index (κ1) is 18.3. The molecule has 160 valence electrons. The van der Waals surface area contributed by atoms with Gasteiger partial charge in [-0.2, -0.15) is 0 Å². The van der Waals surface area contributed by atoms with Crippen molar-refractivity contribution in [3.8, 4) is 0 Å². The van der Waals surface area contributed by atoms with E-state index in [9.17, 15) is 4.79 Å². The van der Waals surface area contributed by atoms with Crippen LogP contribution >= 0.6 is 0 Å². The van der Waals surface area contributed by atoms with Crippen molar-refractivity contribution in [3.63, 3.8) is 0 Å². The summed E-state index contributed by atoms with van der Waals surface area (Å²) in [7, 11) is 0. The van der Waals surface area contributed by atoms with E-state index in [2.05, 4.69) is 70.9 Å². The smallest absolute Gasteiger partial charge is 0.341 e. The fourth-order valence-electron chi connectivity index (χ4n) is 7.11. The standard InChI is InChI=1S/C28H26N2O2/c31-26-20-12-4-5-14-23(20)28(32-26)18-21(19-10-2-1-3-11-19)22-13-8-9-17-27(22)29-24-15-6-7-16-25(24)30(27)28/h1-7,10-12,14-16,21-22,29H,8-9,13,17-18H2/t21-,22+,27+,28+/m0/s1. The summed E-state index contributed by atoms with van der Waals surface area (Å²) >= 11 is 0. The van der Waals surface area contributed by atoms with Crippen molar-refractivity contribution in [1.82, 2.24) is 0 Å². The highest BCUT2D eigenvalue weighted by Gasteiger charge is 2.67. The minimum Gasteiger partial charge on any atom is -0.431 e. The first-order valence-corrected chi connectivity index (χ1v) is 11.8. The third-order valence-corrected chi connectivity index (χ3v) is 8.23. The summed E-state index contributed by atoms with van der Waals surface area (Å²) in [6, 6.07) is 27.4. The zero-order valence-corrected chi connectivity index (χ0v) is 18.0. The maximum Gasteiger partial charge on any atom is 0.341 e. The van der Waals surface area contributed by atoms with Crippen LogP contribution in [0.15, 0.2) is 78.9 Å². The molecule has 1 saturated carbocycles. The van der Waals surface area contributed by atoms with Crippen LogP contribution in [-0.4, -0.2) is 11.6 Å². The average molecular weight is 423 g/mol.